The molecule has 1 aromatic heterocycles. The molecule has 5 nitrogen and oxygen atoms in total. The van der Waals surface area contributed by atoms with Gasteiger partial charge >= 0.3 is 0 Å². The average molecular weight is 373 g/mol. The minimum absolute atomic E-state index is 0.0266. The number of rotatable bonds is 5. The van der Waals surface area contributed by atoms with Crippen molar-refractivity contribution >= 4 is 5.91 Å². The van der Waals surface area contributed by atoms with Gasteiger partial charge in [0.25, 0.3) is 0 Å². The summed E-state index contributed by atoms with van der Waals surface area (Å²) < 4.78 is 2.41. The van der Waals surface area contributed by atoms with Gasteiger partial charge in [-0.3, -0.25) is 9.69 Å². The van der Waals surface area contributed by atoms with E-state index in [9.17, 15) is 4.79 Å². The molecule has 1 unspecified atom stereocenters. The van der Waals surface area contributed by atoms with E-state index >= 15 is 0 Å². The maximum atomic E-state index is 12.9. The topological polar surface area (TPSA) is 41.4 Å². The SMILES string of the molecule is CC(C(=O)N1CCCCCC1)N1CCC(c2nccn2CC2CCC2)CC1. The number of aromatic nitrogens is 2. The highest BCUT2D eigenvalue weighted by Crippen LogP contribution is 2.32. The lowest BCUT2D eigenvalue weighted by atomic mass is 9.85. The van der Waals surface area contributed by atoms with Crippen LogP contribution >= 0.6 is 0 Å². The fraction of sp³-hybridized carbons (Fsp3) is 0.818. The van der Waals surface area contributed by atoms with E-state index in [1.54, 1.807) is 0 Å². The first-order valence-electron chi connectivity index (χ1n) is 11.3. The summed E-state index contributed by atoms with van der Waals surface area (Å²) in [5.41, 5.74) is 0. The van der Waals surface area contributed by atoms with Gasteiger partial charge in [-0.05, 0) is 64.5 Å². The van der Waals surface area contributed by atoms with Crippen LogP contribution in [0.1, 0.15) is 76.5 Å². The maximum absolute atomic E-state index is 12.9. The molecule has 4 rings (SSSR count). The van der Waals surface area contributed by atoms with Crippen molar-refractivity contribution in [3.63, 3.8) is 0 Å². The Kier molecular flexibility index (Phi) is 6.16. The van der Waals surface area contributed by atoms with Crippen LogP contribution in [-0.4, -0.2) is 57.5 Å². The van der Waals surface area contributed by atoms with Crippen LogP contribution < -0.4 is 0 Å². The molecule has 1 atom stereocenters. The number of carbonyl (C=O) groups excluding carboxylic acids is 1. The van der Waals surface area contributed by atoms with Crippen molar-refractivity contribution < 1.29 is 4.79 Å². The molecule has 3 heterocycles. The molecule has 0 bridgehead atoms. The molecule has 3 fully saturated rings. The Morgan fingerprint density at radius 1 is 1.04 bits per heavy atom. The molecule has 3 aliphatic rings. The largest absolute Gasteiger partial charge is 0.341 e. The van der Waals surface area contributed by atoms with Crippen molar-refractivity contribution in [2.45, 2.75) is 83.2 Å². The summed E-state index contributed by atoms with van der Waals surface area (Å²) in [5.74, 6) is 3.05. The van der Waals surface area contributed by atoms with Gasteiger partial charge in [-0.1, -0.05) is 19.3 Å². The van der Waals surface area contributed by atoms with Crippen LogP contribution in [0.5, 0.6) is 0 Å². The molecule has 0 spiro atoms. The lowest BCUT2D eigenvalue weighted by molar-refractivity contribution is -0.136. The van der Waals surface area contributed by atoms with E-state index in [0.717, 1.165) is 51.5 Å². The highest BCUT2D eigenvalue weighted by molar-refractivity contribution is 5.81. The van der Waals surface area contributed by atoms with E-state index in [4.69, 9.17) is 4.98 Å². The number of amides is 1. The van der Waals surface area contributed by atoms with E-state index in [1.807, 2.05) is 6.20 Å². The van der Waals surface area contributed by atoms with Gasteiger partial charge in [0.1, 0.15) is 5.82 Å². The number of hydrogen-bond donors (Lipinski definition) is 0. The normalized spacial score (nSPS) is 24.4. The Morgan fingerprint density at radius 2 is 1.74 bits per heavy atom. The molecule has 2 aliphatic heterocycles. The van der Waals surface area contributed by atoms with Crippen LogP contribution in [0.4, 0.5) is 0 Å². The fourth-order valence-electron chi connectivity index (χ4n) is 5.04. The van der Waals surface area contributed by atoms with E-state index in [1.165, 1.54) is 50.8 Å². The number of piperidine rings is 1. The minimum Gasteiger partial charge on any atom is -0.341 e. The Labute approximate surface area is 164 Å². The number of likely N-dealkylation sites (tertiary alicyclic amines) is 2. The Morgan fingerprint density at radius 3 is 2.37 bits per heavy atom. The molecule has 1 saturated carbocycles. The summed E-state index contributed by atoms with van der Waals surface area (Å²) in [5, 5.41) is 0. The average Bonchev–Trinajstić information content (AvgIpc) is 2.95. The lowest BCUT2D eigenvalue weighted by Gasteiger charge is -2.37. The fourth-order valence-corrected chi connectivity index (χ4v) is 5.04. The second-order valence-corrected chi connectivity index (χ2v) is 8.96. The van der Waals surface area contributed by atoms with E-state index in [0.29, 0.717) is 11.8 Å². The second kappa shape index (κ2) is 8.76. The molecule has 0 N–H and O–H groups in total. The zero-order valence-corrected chi connectivity index (χ0v) is 17.0. The molecular weight excluding hydrogens is 336 g/mol. The van der Waals surface area contributed by atoms with Crippen LogP contribution in [0, 0.1) is 5.92 Å². The van der Waals surface area contributed by atoms with Gasteiger partial charge in [0, 0.05) is 37.9 Å². The van der Waals surface area contributed by atoms with Crippen LogP contribution in [0.2, 0.25) is 0 Å². The summed E-state index contributed by atoms with van der Waals surface area (Å²) in [6.07, 6.45) is 15.5. The summed E-state index contributed by atoms with van der Waals surface area (Å²) in [7, 11) is 0. The molecular formula is C22H36N4O. The second-order valence-electron chi connectivity index (χ2n) is 8.96. The van der Waals surface area contributed by atoms with Crippen molar-refractivity contribution in [2.24, 2.45) is 5.92 Å². The van der Waals surface area contributed by atoms with Crippen molar-refractivity contribution in [3.8, 4) is 0 Å². The van der Waals surface area contributed by atoms with Crippen molar-refractivity contribution in [3.05, 3.63) is 18.2 Å². The highest BCUT2D eigenvalue weighted by Gasteiger charge is 2.31. The van der Waals surface area contributed by atoms with Crippen LogP contribution in [0.15, 0.2) is 12.4 Å². The third-order valence-corrected chi connectivity index (χ3v) is 7.14. The third-order valence-electron chi connectivity index (χ3n) is 7.14. The van der Waals surface area contributed by atoms with Gasteiger partial charge in [0.2, 0.25) is 5.91 Å². The van der Waals surface area contributed by atoms with E-state index < -0.39 is 0 Å². The Bertz CT molecular complexity index is 608. The Balaban J connectivity index is 1.30. The van der Waals surface area contributed by atoms with Gasteiger partial charge < -0.3 is 9.47 Å². The zero-order chi connectivity index (χ0) is 18.6. The predicted octanol–water partition coefficient (Wildman–Crippen LogP) is 3.65. The van der Waals surface area contributed by atoms with Gasteiger partial charge in [-0.25, -0.2) is 4.98 Å². The number of imidazole rings is 1. The van der Waals surface area contributed by atoms with Crippen LogP contribution in [0.25, 0.3) is 0 Å². The van der Waals surface area contributed by atoms with Crippen molar-refractivity contribution in [1.82, 2.24) is 19.4 Å². The first kappa shape index (κ1) is 19.0. The van der Waals surface area contributed by atoms with E-state index in [-0.39, 0.29) is 6.04 Å². The molecule has 1 aromatic rings. The molecule has 0 aromatic carbocycles. The maximum Gasteiger partial charge on any atom is 0.239 e. The highest BCUT2D eigenvalue weighted by atomic mass is 16.2. The van der Waals surface area contributed by atoms with Crippen LogP contribution in [-0.2, 0) is 11.3 Å². The smallest absolute Gasteiger partial charge is 0.239 e. The Hall–Kier alpha value is -1.36. The molecule has 150 valence electrons. The zero-order valence-electron chi connectivity index (χ0n) is 17.0. The lowest BCUT2D eigenvalue weighted by Crippen LogP contribution is -2.49. The molecule has 1 aliphatic carbocycles. The van der Waals surface area contributed by atoms with Crippen molar-refractivity contribution in [1.29, 1.82) is 0 Å². The molecule has 5 heteroatoms. The predicted molar refractivity (Wildman–Crippen MR) is 108 cm³/mol. The molecule has 0 radical (unpaired) electrons. The van der Waals surface area contributed by atoms with Gasteiger partial charge in [-0.2, -0.15) is 0 Å². The minimum atomic E-state index is 0.0266. The first-order valence-corrected chi connectivity index (χ1v) is 11.3. The van der Waals surface area contributed by atoms with E-state index in [2.05, 4.69) is 27.5 Å². The molecule has 1 amide bonds. The summed E-state index contributed by atoms with van der Waals surface area (Å²) in [6, 6.07) is 0.0266. The van der Waals surface area contributed by atoms with Gasteiger partial charge in [0.15, 0.2) is 0 Å². The van der Waals surface area contributed by atoms with Gasteiger partial charge in [0.05, 0.1) is 6.04 Å². The quantitative estimate of drug-likeness (QED) is 0.792. The number of hydrogen-bond acceptors (Lipinski definition) is 3. The summed E-state index contributed by atoms with van der Waals surface area (Å²) in [6.45, 7) is 7.21. The first-order chi connectivity index (χ1) is 13.2. The summed E-state index contributed by atoms with van der Waals surface area (Å²) >= 11 is 0. The standard InChI is InChI=1S/C22H36N4O/c1-18(22(27)25-12-4-2-3-5-13-25)24-14-9-20(10-15-24)21-23-11-16-26(21)17-19-7-6-8-19/h11,16,18-20H,2-10,12-15,17H2,1H3. The van der Waals surface area contributed by atoms with Crippen molar-refractivity contribution in [2.75, 3.05) is 26.2 Å². The number of nitrogens with zero attached hydrogens (tertiary/aromatic N) is 4. The third kappa shape index (κ3) is 4.39. The molecule has 2 saturated heterocycles. The monoisotopic (exact) mass is 372 g/mol. The molecule has 27 heavy (non-hydrogen) atoms. The van der Waals surface area contributed by atoms with Crippen LogP contribution in [0.3, 0.4) is 0 Å². The summed E-state index contributed by atoms with van der Waals surface area (Å²) in [4.78, 5) is 22.2. The van der Waals surface area contributed by atoms with Gasteiger partial charge in [-0.15, -0.1) is 0 Å². The number of carbonyl (C=O) groups is 1.